The highest BCUT2D eigenvalue weighted by molar-refractivity contribution is 7.10. The summed E-state index contributed by atoms with van der Waals surface area (Å²) in [6, 6.07) is 2.44. The smallest absolute Gasteiger partial charge is 0.00171 e. The second-order valence-corrected chi connectivity index (χ2v) is 7.64. The average molecular weight is 294 g/mol. The number of hydrogen-bond donors (Lipinski definition) is 1. The molecule has 1 heterocycles. The molecule has 2 rings (SSSR count). The molecular weight excluding hydrogens is 262 g/mol. The highest BCUT2D eigenvalue weighted by Gasteiger charge is 2.31. The zero-order valence-electron chi connectivity index (χ0n) is 13.5. The van der Waals surface area contributed by atoms with Gasteiger partial charge in [-0.2, -0.15) is 0 Å². The van der Waals surface area contributed by atoms with Crippen LogP contribution in [-0.4, -0.2) is 13.1 Å². The molecule has 0 aromatic carbocycles. The molecular formula is C18H31NS. The first-order valence-corrected chi connectivity index (χ1v) is 9.38. The van der Waals surface area contributed by atoms with Crippen molar-refractivity contribution in [1.29, 1.82) is 0 Å². The Balaban J connectivity index is 2.01. The predicted molar refractivity (Wildman–Crippen MR) is 90.7 cm³/mol. The highest BCUT2D eigenvalue weighted by Crippen LogP contribution is 2.43. The lowest BCUT2D eigenvalue weighted by molar-refractivity contribution is 0.221. The Bertz CT molecular complexity index is 385. The van der Waals surface area contributed by atoms with Gasteiger partial charge in [-0.1, -0.05) is 33.1 Å². The molecule has 0 radical (unpaired) electrons. The molecule has 20 heavy (non-hydrogen) atoms. The molecule has 1 aliphatic carbocycles. The molecule has 3 unspecified atom stereocenters. The van der Waals surface area contributed by atoms with E-state index in [2.05, 4.69) is 37.5 Å². The van der Waals surface area contributed by atoms with Crippen LogP contribution < -0.4 is 5.32 Å². The van der Waals surface area contributed by atoms with E-state index in [1.165, 1.54) is 56.5 Å². The van der Waals surface area contributed by atoms with Gasteiger partial charge in [0.25, 0.3) is 0 Å². The van der Waals surface area contributed by atoms with Crippen LogP contribution in [0.2, 0.25) is 0 Å². The lowest BCUT2D eigenvalue weighted by Gasteiger charge is -2.36. The third kappa shape index (κ3) is 4.33. The van der Waals surface area contributed by atoms with Crippen LogP contribution >= 0.6 is 11.3 Å². The van der Waals surface area contributed by atoms with Crippen LogP contribution in [0.4, 0.5) is 0 Å². The van der Waals surface area contributed by atoms with E-state index in [4.69, 9.17) is 0 Å². The van der Waals surface area contributed by atoms with Gasteiger partial charge in [0.1, 0.15) is 0 Å². The maximum atomic E-state index is 3.66. The molecule has 1 nitrogen and oxygen atoms in total. The summed E-state index contributed by atoms with van der Waals surface area (Å²) in [5, 5.41) is 6.08. The first-order chi connectivity index (χ1) is 9.74. The van der Waals surface area contributed by atoms with Gasteiger partial charge in [-0.05, 0) is 74.0 Å². The molecule has 2 heteroatoms. The molecule has 1 fully saturated rings. The first-order valence-electron chi connectivity index (χ1n) is 8.50. The Hall–Kier alpha value is -0.340. The minimum atomic E-state index is 0.801. The number of aryl methyl sites for hydroxylation is 1. The Morgan fingerprint density at radius 2 is 2.10 bits per heavy atom. The molecule has 0 spiro atoms. The minimum Gasteiger partial charge on any atom is -0.316 e. The summed E-state index contributed by atoms with van der Waals surface area (Å²) < 4.78 is 0. The van der Waals surface area contributed by atoms with Crippen molar-refractivity contribution in [3.05, 3.63) is 21.9 Å². The molecule has 1 aliphatic rings. The zero-order valence-corrected chi connectivity index (χ0v) is 14.3. The van der Waals surface area contributed by atoms with Gasteiger partial charge < -0.3 is 5.32 Å². The van der Waals surface area contributed by atoms with E-state index in [-0.39, 0.29) is 0 Å². The van der Waals surface area contributed by atoms with Gasteiger partial charge in [0, 0.05) is 4.88 Å². The van der Waals surface area contributed by atoms with Crippen molar-refractivity contribution in [1.82, 2.24) is 5.32 Å². The van der Waals surface area contributed by atoms with Crippen molar-refractivity contribution in [3.8, 4) is 0 Å². The summed E-state index contributed by atoms with van der Waals surface area (Å²) in [5.74, 6) is 2.62. The SMILES string of the molecule is CCCNCC1CCC(CCC)CC1c1csc(C)c1. The van der Waals surface area contributed by atoms with Crippen molar-refractivity contribution in [2.75, 3.05) is 13.1 Å². The highest BCUT2D eigenvalue weighted by atomic mass is 32.1. The van der Waals surface area contributed by atoms with Crippen molar-refractivity contribution < 1.29 is 0 Å². The van der Waals surface area contributed by atoms with E-state index in [1.807, 2.05) is 11.3 Å². The summed E-state index contributed by atoms with van der Waals surface area (Å²) in [7, 11) is 0. The fourth-order valence-corrected chi connectivity index (χ4v) is 4.53. The van der Waals surface area contributed by atoms with Crippen molar-refractivity contribution in [3.63, 3.8) is 0 Å². The minimum absolute atomic E-state index is 0.801. The van der Waals surface area contributed by atoms with Crippen LogP contribution in [0.25, 0.3) is 0 Å². The fraction of sp³-hybridized carbons (Fsp3) is 0.778. The van der Waals surface area contributed by atoms with Crippen LogP contribution in [0, 0.1) is 18.8 Å². The second-order valence-electron chi connectivity index (χ2n) is 6.53. The van der Waals surface area contributed by atoms with E-state index in [0.29, 0.717) is 0 Å². The van der Waals surface area contributed by atoms with Gasteiger partial charge in [-0.3, -0.25) is 0 Å². The second kappa shape index (κ2) is 8.19. The first kappa shape index (κ1) is 16.0. The fourth-order valence-electron chi connectivity index (χ4n) is 3.77. The van der Waals surface area contributed by atoms with Crippen LogP contribution in [0.1, 0.15) is 68.7 Å². The summed E-state index contributed by atoms with van der Waals surface area (Å²) in [5.41, 5.74) is 1.62. The number of thiophene rings is 1. The van der Waals surface area contributed by atoms with Gasteiger partial charge in [-0.25, -0.2) is 0 Å². The van der Waals surface area contributed by atoms with Gasteiger partial charge >= 0.3 is 0 Å². The maximum absolute atomic E-state index is 3.66. The Labute approximate surface area is 129 Å². The third-order valence-electron chi connectivity index (χ3n) is 4.81. The maximum Gasteiger partial charge on any atom is 0.00171 e. The largest absolute Gasteiger partial charge is 0.316 e. The van der Waals surface area contributed by atoms with E-state index in [9.17, 15) is 0 Å². The third-order valence-corrected chi connectivity index (χ3v) is 5.69. The van der Waals surface area contributed by atoms with Crippen molar-refractivity contribution in [2.45, 2.75) is 65.2 Å². The van der Waals surface area contributed by atoms with Crippen molar-refractivity contribution >= 4 is 11.3 Å². The van der Waals surface area contributed by atoms with E-state index in [1.54, 1.807) is 5.56 Å². The van der Waals surface area contributed by atoms with Crippen LogP contribution in [0.15, 0.2) is 11.4 Å². The molecule has 3 atom stereocenters. The Morgan fingerprint density at radius 3 is 2.75 bits per heavy atom. The van der Waals surface area contributed by atoms with Crippen LogP contribution in [0.3, 0.4) is 0 Å². The monoisotopic (exact) mass is 293 g/mol. The standard InChI is InChI=1S/C18H31NS/c1-4-6-15-7-8-16(12-19-9-5-2)18(11-15)17-10-14(3)20-13-17/h10,13,15-16,18-19H,4-9,11-12H2,1-3H3. The molecule has 1 aromatic heterocycles. The summed E-state index contributed by atoms with van der Waals surface area (Å²) in [6.07, 6.45) is 8.30. The van der Waals surface area contributed by atoms with Crippen LogP contribution in [0.5, 0.6) is 0 Å². The van der Waals surface area contributed by atoms with Gasteiger partial charge in [0.15, 0.2) is 0 Å². The Morgan fingerprint density at radius 1 is 1.25 bits per heavy atom. The van der Waals surface area contributed by atoms with E-state index >= 15 is 0 Å². The number of rotatable bonds is 7. The predicted octanol–water partition coefficient (Wildman–Crippen LogP) is 5.36. The molecule has 1 aromatic rings. The summed E-state index contributed by atoms with van der Waals surface area (Å²) >= 11 is 1.92. The molecule has 1 N–H and O–H groups in total. The van der Waals surface area contributed by atoms with Gasteiger partial charge in [-0.15, -0.1) is 11.3 Å². The lowest BCUT2D eigenvalue weighted by Crippen LogP contribution is -2.32. The number of nitrogens with one attached hydrogen (secondary N) is 1. The molecule has 0 saturated heterocycles. The summed E-state index contributed by atoms with van der Waals surface area (Å²) in [4.78, 5) is 1.47. The molecule has 114 valence electrons. The normalized spacial score (nSPS) is 26.9. The van der Waals surface area contributed by atoms with Gasteiger partial charge in [0.05, 0.1) is 0 Å². The van der Waals surface area contributed by atoms with E-state index in [0.717, 1.165) is 17.8 Å². The Kier molecular flexibility index (Phi) is 6.57. The quantitative estimate of drug-likeness (QED) is 0.668. The van der Waals surface area contributed by atoms with E-state index < -0.39 is 0 Å². The lowest BCUT2D eigenvalue weighted by atomic mass is 9.70. The molecule has 0 bridgehead atoms. The summed E-state index contributed by atoms with van der Waals surface area (Å²) in [6.45, 7) is 9.21. The molecule has 0 amide bonds. The van der Waals surface area contributed by atoms with Crippen LogP contribution in [-0.2, 0) is 0 Å². The number of hydrogen-bond acceptors (Lipinski definition) is 2. The average Bonchev–Trinajstić information content (AvgIpc) is 2.87. The molecule has 0 aliphatic heterocycles. The van der Waals surface area contributed by atoms with Crippen molar-refractivity contribution in [2.24, 2.45) is 11.8 Å². The van der Waals surface area contributed by atoms with Gasteiger partial charge in [0.2, 0.25) is 0 Å². The molecule has 1 saturated carbocycles. The topological polar surface area (TPSA) is 12.0 Å². The zero-order chi connectivity index (χ0) is 14.4.